The Kier molecular flexibility index (Phi) is 9.05. The van der Waals surface area contributed by atoms with E-state index in [1.165, 1.54) is 0 Å². The van der Waals surface area contributed by atoms with Crippen LogP contribution >= 0.6 is 0 Å². The van der Waals surface area contributed by atoms with Gasteiger partial charge in [0.1, 0.15) is 4.90 Å². The number of hydrogen-bond donors (Lipinski definition) is 2. The van der Waals surface area contributed by atoms with Gasteiger partial charge in [-0.1, -0.05) is 54.6 Å². The average Bonchev–Trinajstić information content (AvgIpc) is 2.98. The van der Waals surface area contributed by atoms with Crippen molar-refractivity contribution >= 4 is 33.3 Å². The van der Waals surface area contributed by atoms with Gasteiger partial charge in [0, 0.05) is 24.8 Å². The summed E-state index contributed by atoms with van der Waals surface area (Å²) < 4.78 is 36.2. The van der Waals surface area contributed by atoms with Crippen molar-refractivity contribution in [3.63, 3.8) is 0 Å². The molecule has 1 amide bonds. The molecule has 2 aliphatic rings. The van der Waals surface area contributed by atoms with Crippen LogP contribution in [-0.2, 0) is 37.2 Å². The van der Waals surface area contributed by atoms with Crippen LogP contribution in [0.15, 0.2) is 77.7 Å². The molecular formula is C32H37N3O5S. The van der Waals surface area contributed by atoms with Crippen molar-refractivity contribution in [1.29, 1.82) is 0 Å². The van der Waals surface area contributed by atoms with Gasteiger partial charge in [0.25, 0.3) is 0 Å². The lowest BCUT2D eigenvalue weighted by molar-refractivity contribution is -0.148. The number of nitrogens with one attached hydrogen (secondary N) is 2. The third-order valence-electron chi connectivity index (χ3n) is 7.86. The van der Waals surface area contributed by atoms with Crippen molar-refractivity contribution in [3.05, 3.63) is 89.5 Å². The van der Waals surface area contributed by atoms with Crippen LogP contribution in [0, 0.1) is 5.92 Å². The Morgan fingerprint density at radius 3 is 2.44 bits per heavy atom. The minimum absolute atomic E-state index is 0.118. The first-order chi connectivity index (χ1) is 19.8. The van der Waals surface area contributed by atoms with Gasteiger partial charge in [0.05, 0.1) is 24.6 Å². The summed E-state index contributed by atoms with van der Waals surface area (Å²) in [7, 11) is -3.97. The molecular weight excluding hydrogens is 538 g/mol. The fourth-order valence-electron chi connectivity index (χ4n) is 5.80. The lowest BCUT2D eigenvalue weighted by atomic mass is 9.88. The average molecular weight is 576 g/mol. The molecule has 216 valence electrons. The molecule has 0 saturated carbocycles. The summed E-state index contributed by atoms with van der Waals surface area (Å²) >= 11 is 0. The molecule has 3 aromatic carbocycles. The number of piperidine rings is 1. The Balaban J connectivity index is 1.41. The van der Waals surface area contributed by atoms with Gasteiger partial charge < -0.3 is 15.0 Å². The highest BCUT2D eigenvalue weighted by Crippen LogP contribution is 2.35. The molecule has 1 atom stereocenters. The fourth-order valence-corrected chi connectivity index (χ4v) is 7.30. The third kappa shape index (κ3) is 6.97. The molecule has 0 unspecified atom stereocenters. The molecule has 3 aromatic rings. The Morgan fingerprint density at radius 1 is 0.951 bits per heavy atom. The maximum atomic E-state index is 14.0. The van der Waals surface area contributed by atoms with Crippen molar-refractivity contribution in [2.45, 2.75) is 56.4 Å². The highest BCUT2D eigenvalue weighted by molar-refractivity contribution is 7.89. The lowest BCUT2D eigenvalue weighted by Gasteiger charge is -2.34. The number of carbonyl (C=O) groups is 2. The number of hydrogen-bond acceptors (Lipinski definition) is 6. The normalized spacial score (nSPS) is 17.5. The zero-order chi connectivity index (χ0) is 28.8. The summed E-state index contributed by atoms with van der Waals surface area (Å²) in [6.07, 6.45) is 3.88. The molecule has 0 radical (unpaired) electrons. The molecule has 1 heterocycles. The van der Waals surface area contributed by atoms with Crippen LogP contribution in [-0.4, -0.2) is 40.0 Å². The van der Waals surface area contributed by atoms with Gasteiger partial charge in [-0.2, -0.15) is 0 Å². The monoisotopic (exact) mass is 575 g/mol. The van der Waals surface area contributed by atoms with Crippen LogP contribution in [0.25, 0.3) is 0 Å². The Labute approximate surface area is 242 Å². The van der Waals surface area contributed by atoms with Gasteiger partial charge >= 0.3 is 5.97 Å². The summed E-state index contributed by atoms with van der Waals surface area (Å²) in [4.78, 5) is 27.2. The second-order valence-corrected chi connectivity index (χ2v) is 12.4. The Morgan fingerprint density at radius 2 is 1.68 bits per heavy atom. The number of anilines is 2. The molecule has 9 heteroatoms. The Bertz CT molecular complexity index is 1480. The minimum Gasteiger partial charge on any atom is -0.466 e. The first-order valence-corrected chi connectivity index (χ1v) is 15.8. The summed E-state index contributed by atoms with van der Waals surface area (Å²) in [6.45, 7) is 3.19. The standard InChI is InChI=1S/C32H37N3O5S/c1-2-40-32(37)25-17-19-35(20-18-25)29-16-15-26(33-31(36)21-23-9-4-3-5-10-23)22-30(29)41(38,39)34-28-14-8-12-24-11-6-7-13-27(24)28/h3-7,9-11,13,15-16,22,25,28,34H,2,8,12,14,17-21H2,1H3,(H,33,36)/t28-/m1/s1. The second kappa shape index (κ2) is 12.9. The molecule has 1 aliphatic carbocycles. The molecule has 2 N–H and O–H groups in total. The first-order valence-electron chi connectivity index (χ1n) is 14.3. The van der Waals surface area contributed by atoms with Crippen LogP contribution < -0.4 is 14.9 Å². The molecule has 1 aliphatic heterocycles. The molecule has 1 saturated heterocycles. The van der Waals surface area contributed by atoms with E-state index in [0.717, 1.165) is 29.5 Å². The van der Waals surface area contributed by atoms with Gasteiger partial charge in [0.15, 0.2) is 0 Å². The summed E-state index contributed by atoms with van der Waals surface area (Å²) in [6, 6.07) is 22.1. The third-order valence-corrected chi connectivity index (χ3v) is 9.36. The smallest absolute Gasteiger partial charge is 0.309 e. The molecule has 0 aromatic heterocycles. The van der Waals surface area contributed by atoms with Crippen molar-refractivity contribution in [3.8, 4) is 0 Å². The number of sulfonamides is 1. The molecule has 0 bridgehead atoms. The van der Waals surface area contributed by atoms with Crippen molar-refractivity contribution in [2.24, 2.45) is 5.92 Å². The topological polar surface area (TPSA) is 105 Å². The van der Waals surface area contributed by atoms with Gasteiger partial charge in [0.2, 0.25) is 15.9 Å². The van der Waals surface area contributed by atoms with Crippen molar-refractivity contribution in [1.82, 2.24) is 4.72 Å². The molecule has 41 heavy (non-hydrogen) atoms. The van der Waals surface area contributed by atoms with Gasteiger partial charge in [-0.05, 0) is 73.9 Å². The predicted octanol–water partition coefficient (Wildman–Crippen LogP) is 5.00. The van der Waals surface area contributed by atoms with E-state index in [4.69, 9.17) is 4.74 Å². The Hall–Kier alpha value is -3.69. The van der Waals surface area contributed by atoms with Gasteiger partial charge in [-0.3, -0.25) is 9.59 Å². The summed E-state index contributed by atoms with van der Waals surface area (Å²) in [5, 5.41) is 2.88. The second-order valence-electron chi connectivity index (χ2n) is 10.7. The molecule has 5 rings (SSSR count). The maximum Gasteiger partial charge on any atom is 0.309 e. The summed E-state index contributed by atoms with van der Waals surface area (Å²) in [5.41, 5.74) is 4.02. The highest BCUT2D eigenvalue weighted by Gasteiger charge is 2.32. The molecule has 8 nitrogen and oxygen atoms in total. The van der Waals surface area contributed by atoms with Gasteiger partial charge in [-0.15, -0.1) is 0 Å². The number of amides is 1. The quantitative estimate of drug-likeness (QED) is 0.348. The van der Waals surface area contributed by atoms with E-state index < -0.39 is 10.0 Å². The van der Waals surface area contributed by atoms with Crippen LogP contribution in [0.3, 0.4) is 0 Å². The van der Waals surface area contributed by atoms with Gasteiger partial charge in [-0.25, -0.2) is 13.1 Å². The maximum absolute atomic E-state index is 14.0. The van der Waals surface area contributed by atoms with E-state index in [1.54, 1.807) is 25.1 Å². The number of rotatable bonds is 9. The van der Waals surface area contributed by atoms with Crippen LogP contribution in [0.5, 0.6) is 0 Å². The van der Waals surface area contributed by atoms with Crippen LogP contribution in [0.2, 0.25) is 0 Å². The van der Waals surface area contributed by atoms with E-state index in [9.17, 15) is 18.0 Å². The fraction of sp³-hybridized carbons (Fsp3) is 0.375. The van der Waals surface area contributed by atoms with E-state index in [0.29, 0.717) is 50.3 Å². The number of fused-ring (bicyclic) bond motifs is 1. The number of ether oxygens (including phenoxy) is 1. The molecule has 1 fully saturated rings. The lowest BCUT2D eigenvalue weighted by Crippen LogP contribution is -2.38. The number of benzene rings is 3. The van der Waals surface area contributed by atoms with Crippen molar-refractivity contribution in [2.75, 3.05) is 29.9 Å². The molecule has 0 spiro atoms. The highest BCUT2D eigenvalue weighted by atomic mass is 32.2. The van der Waals surface area contributed by atoms with E-state index in [2.05, 4.69) is 16.1 Å². The zero-order valence-electron chi connectivity index (χ0n) is 23.3. The number of esters is 1. The van der Waals surface area contributed by atoms with Crippen LogP contribution in [0.4, 0.5) is 11.4 Å². The van der Waals surface area contributed by atoms with E-state index in [-0.39, 0.29) is 35.2 Å². The summed E-state index contributed by atoms with van der Waals surface area (Å²) in [5.74, 6) is -0.620. The minimum atomic E-state index is -3.97. The predicted molar refractivity (Wildman–Crippen MR) is 159 cm³/mol. The van der Waals surface area contributed by atoms with E-state index in [1.807, 2.05) is 53.4 Å². The first kappa shape index (κ1) is 28.8. The number of carbonyl (C=O) groups excluding carboxylic acids is 2. The van der Waals surface area contributed by atoms with Crippen LogP contribution in [0.1, 0.15) is 55.3 Å². The van der Waals surface area contributed by atoms with Crippen molar-refractivity contribution < 1.29 is 22.7 Å². The largest absolute Gasteiger partial charge is 0.466 e. The number of nitrogens with zero attached hydrogens (tertiary/aromatic N) is 1. The SMILES string of the molecule is CCOC(=O)C1CCN(c2ccc(NC(=O)Cc3ccccc3)cc2S(=O)(=O)N[C@@H]2CCCc3ccccc32)CC1. The van der Waals surface area contributed by atoms with E-state index >= 15 is 0 Å². The zero-order valence-corrected chi connectivity index (χ0v) is 24.2. The number of aryl methyl sites for hydroxylation is 1.